The third kappa shape index (κ3) is 3.29. The van der Waals surface area contributed by atoms with Crippen molar-refractivity contribution in [2.45, 2.75) is 13.0 Å². The van der Waals surface area contributed by atoms with Gasteiger partial charge in [-0.25, -0.2) is 4.98 Å². The number of rotatable bonds is 4. The molecule has 30 heavy (non-hydrogen) atoms. The fourth-order valence-corrected chi connectivity index (χ4v) is 3.81. The molecule has 0 spiro atoms. The predicted octanol–water partition coefficient (Wildman–Crippen LogP) is 4.76. The summed E-state index contributed by atoms with van der Waals surface area (Å²) in [5.74, 6) is 0.884. The van der Waals surface area contributed by atoms with Crippen LogP contribution in [0.3, 0.4) is 0 Å². The molecule has 1 aliphatic rings. The van der Waals surface area contributed by atoms with E-state index in [-0.39, 0.29) is 12.0 Å². The second-order valence-electron chi connectivity index (χ2n) is 7.23. The Morgan fingerprint density at radius 2 is 1.87 bits per heavy atom. The number of likely N-dealkylation sites (tertiary alicyclic amines) is 1. The minimum Gasteiger partial charge on any atom is -0.471 e. The molecule has 1 saturated heterocycles. The molecule has 1 amide bonds. The Labute approximate surface area is 178 Å². The number of pyridine rings is 1. The Kier molecular flexibility index (Phi) is 4.64. The van der Waals surface area contributed by atoms with Crippen LogP contribution in [0.5, 0.6) is 5.88 Å². The lowest BCUT2D eigenvalue weighted by Crippen LogP contribution is -2.56. The zero-order valence-corrected chi connectivity index (χ0v) is 17.0. The summed E-state index contributed by atoms with van der Waals surface area (Å²) in [6.07, 6.45) is -0.105. The summed E-state index contributed by atoms with van der Waals surface area (Å²) in [5, 5.41) is 5.66. The number of ether oxygens (including phenoxy) is 1. The van der Waals surface area contributed by atoms with Gasteiger partial charge in [-0.3, -0.25) is 4.79 Å². The van der Waals surface area contributed by atoms with Gasteiger partial charge in [0.05, 0.1) is 23.6 Å². The van der Waals surface area contributed by atoms with E-state index < -0.39 is 0 Å². The lowest BCUT2D eigenvalue weighted by atomic mass is 10.0. The molecule has 0 radical (unpaired) electrons. The van der Waals surface area contributed by atoms with Gasteiger partial charge < -0.3 is 14.2 Å². The first-order valence-electron chi connectivity index (χ1n) is 9.63. The zero-order chi connectivity index (χ0) is 20.7. The SMILES string of the molecule is Cc1onc(-c2ccccc2Cl)c1C(=O)N1CC(Oc2ccc3ccccc3n2)C1. The van der Waals surface area contributed by atoms with Crippen molar-refractivity contribution in [1.82, 2.24) is 15.0 Å². The summed E-state index contributed by atoms with van der Waals surface area (Å²) in [6.45, 7) is 2.67. The number of hydrogen-bond acceptors (Lipinski definition) is 5. The Morgan fingerprint density at radius 3 is 2.70 bits per heavy atom. The van der Waals surface area contributed by atoms with Crippen molar-refractivity contribution in [3.63, 3.8) is 0 Å². The van der Waals surface area contributed by atoms with E-state index in [2.05, 4.69) is 10.1 Å². The second-order valence-corrected chi connectivity index (χ2v) is 7.64. The minimum atomic E-state index is -0.144. The number of carbonyl (C=O) groups is 1. The lowest BCUT2D eigenvalue weighted by Gasteiger charge is -2.38. The quantitative estimate of drug-likeness (QED) is 0.477. The van der Waals surface area contributed by atoms with E-state index in [1.54, 1.807) is 17.9 Å². The molecular weight excluding hydrogens is 402 g/mol. The summed E-state index contributed by atoms with van der Waals surface area (Å²) < 4.78 is 11.3. The van der Waals surface area contributed by atoms with Crippen LogP contribution in [0.15, 0.2) is 65.2 Å². The van der Waals surface area contributed by atoms with Crippen molar-refractivity contribution in [3.8, 4) is 17.1 Å². The van der Waals surface area contributed by atoms with Gasteiger partial charge in [-0.2, -0.15) is 0 Å². The van der Waals surface area contributed by atoms with E-state index in [9.17, 15) is 4.79 Å². The van der Waals surface area contributed by atoms with E-state index >= 15 is 0 Å². The number of para-hydroxylation sites is 1. The molecule has 2 aromatic heterocycles. The van der Waals surface area contributed by atoms with Gasteiger partial charge in [0.25, 0.3) is 5.91 Å². The van der Waals surface area contributed by atoms with Gasteiger partial charge in [0.2, 0.25) is 5.88 Å². The second kappa shape index (κ2) is 7.46. The molecule has 5 rings (SSSR count). The van der Waals surface area contributed by atoms with Crippen LogP contribution in [0.1, 0.15) is 16.1 Å². The zero-order valence-electron chi connectivity index (χ0n) is 16.2. The largest absolute Gasteiger partial charge is 0.471 e. The summed E-state index contributed by atoms with van der Waals surface area (Å²) >= 11 is 6.29. The molecule has 1 aliphatic heterocycles. The lowest BCUT2D eigenvalue weighted by molar-refractivity contribution is 0.0160. The molecule has 150 valence electrons. The third-order valence-electron chi connectivity index (χ3n) is 5.20. The molecule has 1 fully saturated rings. The molecule has 0 bridgehead atoms. The highest BCUT2D eigenvalue weighted by Gasteiger charge is 2.36. The van der Waals surface area contributed by atoms with E-state index in [1.165, 1.54) is 0 Å². The highest BCUT2D eigenvalue weighted by atomic mass is 35.5. The summed E-state index contributed by atoms with van der Waals surface area (Å²) in [7, 11) is 0. The molecule has 2 aromatic carbocycles. The summed E-state index contributed by atoms with van der Waals surface area (Å²) in [4.78, 5) is 19.3. The first-order chi connectivity index (χ1) is 14.6. The maximum atomic E-state index is 13.1. The molecule has 3 heterocycles. The number of benzene rings is 2. The average molecular weight is 420 g/mol. The van der Waals surface area contributed by atoms with Crippen LogP contribution in [0, 0.1) is 6.92 Å². The van der Waals surface area contributed by atoms with E-state index in [1.807, 2.05) is 54.6 Å². The number of carbonyl (C=O) groups excluding carboxylic acids is 1. The number of amides is 1. The van der Waals surface area contributed by atoms with Crippen molar-refractivity contribution in [2.75, 3.05) is 13.1 Å². The number of aryl methyl sites for hydroxylation is 1. The van der Waals surface area contributed by atoms with E-state index in [0.717, 1.165) is 10.9 Å². The van der Waals surface area contributed by atoms with Gasteiger partial charge >= 0.3 is 0 Å². The van der Waals surface area contributed by atoms with Crippen LogP contribution in [-0.2, 0) is 0 Å². The van der Waals surface area contributed by atoms with Crippen molar-refractivity contribution in [3.05, 3.63) is 77.0 Å². The molecule has 0 N–H and O–H groups in total. The number of halogens is 1. The van der Waals surface area contributed by atoms with Gasteiger partial charge in [-0.05, 0) is 25.1 Å². The molecule has 0 unspecified atom stereocenters. The van der Waals surface area contributed by atoms with Gasteiger partial charge in [-0.1, -0.05) is 53.2 Å². The number of nitrogens with zero attached hydrogens (tertiary/aromatic N) is 3. The Hall–Kier alpha value is -3.38. The molecule has 6 nitrogen and oxygen atoms in total. The molecular formula is C23H18ClN3O3. The van der Waals surface area contributed by atoms with Crippen molar-refractivity contribution < 1.29 is 14.1 Å². The predicted molar refractivity (Wildman–Crippen MR) is 114 cm³/mol. The number of hydrogen-bond donors (Lipinski definition) is 0. The van der Waals surface area contributed by atoms with Crippen LogP contribution >= 0.6 is 11.6 Å². The van der Waals surface area contributed by atoms with Gasteiger partial charge in [0, 0.05) is 17.0 Å². The average Bonchev–Trinajstić information content (AvgIpc) is 3.11. The first-order valence-corrected chi connectivity index (χ1v) is 10.0. The van der Waals surface area contributed by atoms with Gasteiger partial charge in [0.1, 0.15) is 23.1 Å². The van der Waals surface area contributed by atoms with E-state index in [4.69, 9.17) is 20.9 Å². The molecule has 0 atom stereocenters. The first kappa shape index (κ1) is 18.6. The number of aromatic nitrogens is 2. The molecule has 7 heteroatoms. The maximum absolute atomic E-state index is 13.1. The minimum absolute atomic E-state index is 0.105. The summed E-state index contributed by atoms with van der Waals surface area (Å²) in [5.41, 5.74) is 2.45. The molecule has 4 aromatic rings. The smallest absolute Gasteiger partial charge is 0.260 e. The highest BCUT2D eigenvalue weighted by Crippen LogP contribution is 2.32. The maximum Gasteiger partial charge on any atom is 0.260 e. The van der Waals surface area contributed by atoms with Crippen LogP contribution < -0.4 is 4.74 Å². The van der Waals surface area contributed by atoms with E-state index in [0.29, 0.717) is 46.6 Å². The van der Waals surface area contributed by atoms with Crippen LogP contribution in [0.25, 0.3) is 22.2 Å². The molecule has 0 aliphatic carbocycles. The van der Waals surface area contributed by atoms with Crippen LogP contribution in [0.2, 0.25) is 5.02 Å². The Balaban J connectivity index is 1.30. The Morgan fingerprint density at radius 1 is 1.10 bits per heavy atom. The monoisotopic (exact) mass is 419 g/mol. The normalized spacial score (nSPS) is 14.0. The molecule has 0 saturated carbocycles. The fourth-order valence-electron chi connectivity index (χ4n) is 3.58. The topological polar surface area (TPSA) is 68.5 Å². The summed E-state index contributed by atoms with van der Waals surface area (Å²) in [6, 6.07) is 19.0. The van der Waals surface area contributed by atoms with Crippen molar-refractivity contribution in [1.29, 1.82) is 0 Å². The van der Waals surface area contributed by atoms with Crippen molar-refractivity contribution >= 4 is 28.4 Å². The fraction of sp³-hybridized carbons (Fsp3) is 0.174. The number of fused-ring (bicyclic) bond motifs is 1. The highest BCUT2D eigenvalue weighted by molar-refractivity contribution is 6.33. The van der Waals surface area contributed by atoms with Crippen molar-refractivity contribution in [2.24, 2.45) is 0 Å². The van der Waals surface area contributed by atoms with Gasteiger partial charge in [-0.15, -0.1) is 0 Å². The van der Waals surface area contributed by atoms with Crippen LogP contribution in [-0.4, -0.2) is 40.1 Å². The third-order valence-corrected chi connectivity index (χ3v) is 5.53. The van der Waals surface area contributed by atoms with Gasteiger partial charge in [0.15, 0.2) is 0 Å². The van der Waals surface area contributed by atoms with Crippen LogP contribution in [0.4, 0.5) is 0 Å². The standard InChI is InChI=1S/C23H18ClN3O3/c1-14-21(22(26-30-14)17-7-3-4-8-18(17)24)23(28)27-12-16(13-27)29-20-11-10-15-6-2-5-9-19(15)25-20/h2-11,16H,12-13H2,1H3. The Bertz CT molecular complexity index is 1250.